The van der Waals surface area contributed by atoms with E-state index in [1.54, 1.807) is 0 Å². The van der Waals surface area contributed by atoms with Crippen LogP contribution in [0.4, 0.5) is 0 Å². The smallest absolute Gasteiger partial charge is 0.240 e. The molecule has 0 aromatic rings. The Morgan fingerprint density at radius 3 is 2.57 bits per heavy atom. The predicted molar refractivity (Wildman–Crippen MR) is 28.9 cm³/mol. The van der Waals surface area contributed by atoms with Gasteiger partial charge in [0.1, 0.15) is 0 Å². The molecule has 1 heterocycles. The lowest BCUT2D eigenvalue weighted by Gasteiger charge is -1.99. The van der Waals surface area contributed by atoms with Crippen LogP contribution in [0, 0.1) is 0 Å². The molecule has 3 N–H and O–H groups in total. The lowest BCUT2D eigenvalue weighted by molar-refractivity contribution is -0.464. The zero-order chi connectivity index (χ0) is 5.11. The first-order valence-corrected chi connectivity index (χ1v) is 2.75. The van der Waals surface area contributed by atoms with Crippen LogP contribution >= 0.6 is 0 Å². The fourth-order valence-corrected chi connectivity index (χ4v) is 0.778. The van der Waals surface area contributed by atoms with Crippen molar-refractivity contribution >= 4 is 5.84 Å². The zero-order valence-corrected chi connectivity index (χ0v) is 4.41. The summed E-state index contributed by atoms with van der Waals surface area (Å²) in [6, 6.07) is 0. The molecule has 0 radical (unpaired) electrons. The van der Waals surface area contributed by atoms with Crippen molar-refractivity contribution in [1.82, 2.24) is 0 Å². The second-order valence-corrected chi connectivity index (χ2v) is 1.91. The van der Waals surface area contributed by atoms with E-state index in [0.29, 0.717) is 0 Å². The Morgan fingerprint density at radius 1 is 1.43 bits per heavy atom. The van der Waals surface area contributed by atoms with E-state index in [2.05, 4.69) is 4.99 Å². The van der Waals surface area contributed by atoms with Crippen LogP contribution in [0.1, 0.15) is 19.3 Å². The summed E-state index contributed by atoms with van der Waals surface area (Å²) in [6.07, 6.45) is 3.61. The SMILES string of the molecule is NC1=[NH+]CCCC1. The molecule has 0 aromatic carbocycles. The monoisotopic (exact) mass is 99.1 g/mol. The third-order valence-electron chi connectivity index (χ3n) is 1.22. The van der Waals surface area contributed by atoms with Crippen LogP contribution < -0.4 is 10.7 Å². The standard InChI is InChI=1S/C5H10N2/c6-5-3-1-2-4-7-5/h1-4H2,(H2,6,7)/p+1. The molecular formula is C5H11N2+. The number of hydrogen-bond donors (Lipinski definition) is 2. The number of hydrogen-bond acceptors (Lipinski definition) is 1. The number of nitrogens with two attached hydrogens (primary N) is 1. The maximum Gasteiger partial charge on any atom is 0.240 e. The van der Waals surface area contributed by atoms with Crippen LogP contribution in [0.15, 0.2) is 0 Å². The fraction of sp³-hybridized carbons (Fsp3) is 0.800. The van der Waals surface area contributed by atoms with Gasteiger partial charge in [0.25, 0.3) is 0 Å². The lowest BCUT2D eigenvalue weighted by atomic mass is 10.2. The van der Waals surface area contributed by atoms with Crippen LogP contribution in [0.3, 0.4) is 0 Å². The molecule has 0 aromatic heterocycles. The van der Waals surface area contributed by atoms with Crippen LogP contribution in [-0.4, -0.2) is 12.4 Å². The van der Waals surface area contributed by atoms with Gasteiger partial charge in [-0.3, -0.25) is 10.7 Å². The van der Waals surface area contributed by atoms with Crippen molar-refractivity contribution in [3.05, 3.63) is 0 Å². The van der Waals surface area contributed by atoms with Crippen molar-refractivity contribution in [2.75, 3.05) is 6.54 Å². The Bertz CT molecular complexity index is 86.1. The molecule has 0 amide bonds. The average molecular weight is 99.2 g/mol. The molecule has 1 aliphatic heterocycles. The molecule has 2 nitrogen and oxygen atoms in total. The molecule has 0 saturated carbocycles. The van der Waals surface area contributed by atoms with Gasteiger partial charge in [-0.05, 0) is 12.8 Å². The second kappa shape index (κ2) is 1.96. The van der Waals surface area contributed by atoms with Crippen LogP contribution in [0.5, 0.6) is 0 Å². The minimum atomic E-state index is 0.964. The topological polar surface area (TPSA) is 40.0 Å². The van der Waals surface area contributed by atoms with Crippen LogP contribution in [0.2, 0.25) is 0 Å². The summed E-state index contributed by atoms with van der Waals surface area (Å²) in [5.41, 5.74) is 5.44. The van der Waals surface area contributed by atoms with E-state index in [4.69, 9.17) is 5.73 Å². The van der Waals surface area contributed by atoms with Gasteiger partial charge in [0.2, 0.25) is 5.84 Å². The second-order valence-electron chi connectivity index (χ2n) is 1.91. The summed E-state index contributed by atoms with van der Waals surface area (Å²) in [5, 5.41) is 0. The van der Waals surface area contributed by atoms with Crippen molar-refractivity contribution in [1.29, 1.82) is 0 Å². The summed E-state index contributed by atoms with van der Waals surface area (Å²) in [7, 11) is 0. The summed E-state index contributed by atoms with van der Waals surface area (Å²) >= 11 is 0. The zero-order valence-electron chi connectivity index (χ0n) is 4.41. The molecule has 0 bridgehead atoms. The molecule has 0 spiro atoms. The molecule has 2 heteroatoms. The van der Waals surface area contributed by atoms with Crippen molar-refractivity contribution in [3.63, 3.8) is 0 Å². The normalized spacial score (nSPS) is 21.4. The van der Waals surface area contributed by atoms with E-state index in [1.165, 1.54) is 12.8 Å². The summed E-state index contributed by atoms with van der Waals surface area (Å²) in [5.74, 6) is 0.964. The Kier molecular flexibility index (Phi) is 1.29. The van der Waals surface area contributed by atoms with Gasteiger partial charge in [0, 0.05) is 6.42 Å². The van der Waals surface area contributed by atoms with E-state index in [-0.39, 0.29) is 0 Å². The fourth-order valence-electron chi connectivity index (χ4n) is 0.778. The Balaban J connectivity index is 2.40. The number of rotatable bonds is 0. The van der Waals surface area contributed by atoms with Crippen LogP contribution in [0.25, 0.3) is 0 Å². The number of amidine groups is 1. The molecule has 1 aliphatic rings. The Labute approximate surface area is 43.4 Å². The van der Waals surface area contributed by atoms with Crippen molar-refractivity contribution in [2.45, 2.75) is 19.3 Å². The summed E-state index contributed by atoms with van der Waals surface area (Å²) in [6.45, 7) is 1.08. The first-order valence-electron chi connectivity index (χ1n) is 2.75. The molecule has 0 fully saturated rings. The van der Waals surface area contributed by atoms with Gasteiger partial charge in [0.15, 0.2) is 0 Å². The summed E-state index contributed by atoms with van der Waals surface area (Å²) in [4.78, 5) is 3.08. The first kappa shape index (κ1) is 4.62. The van der Waals surface area contributed by atoms with Gasteiger partial charge in [-0.15, -0.1) is 0 Å². The van der Waals surface area contributed by atoms with E-state index >= 15 is 0 Å². The average Bonchev–Trinajstić information content (AvgIpc) is 1.69. The van der Waals surface area contributed by atoms with Gasteiger partial charge in [0.05, 0.1) is 6.54 Å². The third kappa shape index (κ3) is 1.18. The molecule has 1 rings (SSSR count). The highest BCUT2D eigenvalue weighted by atomic mass is 14.9. The van der Waals surface area contributed by atoms with Gasteiger partial charge in [-0.25, -0.2) is 0 Å². The van der Waals surface area contributed by atoms with Gasteiger partial charge in [-0.1, -0.05) is 0 Å². The molecule has 40 valence electrons. The highest BCUT2D eigenvalue weighted by molar-refractivity contribution is 5.74. The Hall–Kier alpha value is -0.530. The van der Waals surface area contributed by atoms with Crippen LogP contribution in [-0.2, 0) is 0 Å². The molecular weight excluding hydrogens is 88.1 g/mol. The van der Waals surface area contributed by atoms with E-state index < -0.39 is 0 Å². The minimum Gasteiger partial charge on any atom is -0.291 e. The molecule has 0 unspecified atom stereocenters. The molecule has 0 aliphatic carbocycles. The highest BCUT2D eigenvalue weighted by Crippen LogP contribution is 1.91. The van der Waals surface area contributed by atoms with Crippen molar-refractivity contribution in [3.8, 4) is 0 Å². The van der Waals surface area contributed by atoms with Crippen molar-refractivity contribution in [2.24, 2.45) is 5.73 Å². The third-order valence-corrected chi connectivity index (χ3v) is 1.22. The quantitative estimate of drug-likeness (QED) is 0.385. The van der Waals surface area contributed by atoms with Crippen molar-refractivity contribution < 1.29 is 4.99 Å². The minimum absolute atomic E-state index is 0.964. The molecule has 0 atom stereocenters. The largest absolute Gasteiger partial charge is 0.291 e. The van der Waals surface area contributed by atoms with E-state index in [0.717, 1.165) is 18.8 Å². The van der Waals surface area contributed by atoms with E-state index in [9.17, 15) is 0 Å². The highest BCUT2D eigenvalue weighted by Gasteiger charge is 2.02. The van der Waals surface area contributed by atoms with Gasteiger partial charge in [-0.2, -0.15) is 0 Å². The first-order chi connectivity index (χ1) is 3.39. The Morgan fingerprint density at radius 2 is 2.29 bits per heavy atom. The number of nitrogens with one attached hydrogen (secondary N) is 1. The molecule has 7 heavy (non-hydrogen) atoms. The summed E-state index contributed by atoms with van der Waals surface area (Å²) < 4.78 is 0. The lowest BCUT2D eigenvalue weighted by Crippen LogP contribution is -2.76. The maximum absolute atomic E-state index is 5.44. The molecule has 0 saturated heterocycles. The van der Waals surface area contributed by atoms with Gasteiger partial charge < -0.3 is 0 Å². The predicted octanol–water partition coefficient (Wildman–Crippen LogP) is -1.39. The van der Waals surface area contributed by atoms with E-state index in [1.807, 2.05) is 0 Å². The van der Waals surface area contributed by atoms with Gasteiger partial charge >= 0.3 is 0 Å². The maximum atomic E-state index is 5.44.